The van der Waals surface area contributed by atoms with E-state index in [0.29, 0.717) is 38.9 Å². The Morgan fingerprint density at radius 2 is 1.66 bits per heavy atom. The molecule has 0 radical (unpaired) electrons. The molecular formula is C25H35N3O4. The molecule has 0 heterocycles. The molecule has 0 aliphatic heterocycles. The summed E-state index contributed by atoms with van der Waals surface area (Å²) in [7, 11) is 0. The van der Waals surface area contributed by atoms with Gasteiger partial charge in [0.15, 0.2) is 0 Å². The third kappa shape index (κ3) is 10.0. The Hall–Kier alpha value is -2.10. The van der Waals surface area contributed by atoms with E-state index in [2.05, 4.69) is 28.5 Å². The van der Waals surface area contributed by atoms with Crippen molar-refractivity contribution in [3.8, 4) is 0 Å². The minimum absolute atomic E-state index is 0.135. The van der Waals surface area contributed by atoms with Crippen LogP contribution in [0.4, 0.5) is 0 Å². The Balaban J connectivity index is 1.38. The average molecular weight is 442 g/mol. The Bertz CT molecular complexity index is 760. The molecule has 3 atom stereocenters. The lowest BCUT2D eigenvalue weighted by Gasteiger charge is -2.23. The highest BCUT2D eigenvalue weighted by Gasteiger charge is 2.15. The summed E-state index contributed by atoms with van der Waals surface area (Å²) in [6, 6.07) is 20.0. The normalized spacial score (nSPS) is 17.8. The van der Waals surface area contributed by atoms with Crippen LogP contribution in [0, 0.1) is 0 Å². The molecule has 2 aromatic rings. The Kier molecular flexibility index (Phi) is 11.4. The molecule has 0 aromatic heterocycles. The second kappa shape index (κ2) is 14.9. The number of ether oxygens (including phenoxy) is 2. The van der Waals surface area contributed by atoms with Crippen molar-refractivity contribution < 1.29 is 19.4 Å². The van der Waals surface area contributed by atoms with E-state index < -0.39 is 6.41 Å². The average Bonchev–Trinajstić information content (AvgIpc) is 2.84. The summed E-state index contributed by atoms with van der Waals surface area (Å²) in [5.74, 6) is 0. The highest BCUT2D eigenvalue weighted by atomic mass is 16.7. The highest BCUT2D eigenvalue weighted by Crippen LogP contribution is 2.09. The molecule has 7 nitrogen and oxygen atoms in total. The fraction of sp³-hybridized carbons (Fsp3) is 0.440. The lowest BCUT2D eigenvalue weighted by molar-refractivity contribution is -0.139. The molecule has 0 fully saturated rings. The first-order valence-electron chi connectivity index (χ1n) is 11.3. The maximum Gasteiger partial charge on any atom is 0.214 e. The van der Waals surface area contributed by atoms with Gasteiger partial charge in [-0.2, -0.15) is 0 Å². The summed E-state index contributed by atoms with van der Waals surface area (Å²) in [4.78, 5) is 5.54. The van der Waals surface area contributed by atoms with Crippen LogP contribution in [0.1, 0.15) is 36.8 Å². The van der Waals surface area contributed by atoms with E-state index >= 15 is 0 Å². The molecule has 174 valence electrons. The van der Waals surface area contributed by atoms with Crippen LogP contribution < -0.4 is 16.3 Å². The van der Waals surface area contributed by atoms with E-state index in [1.807, 2.05) is 60.7 Å². The number of allylic oxidation sites excluding steroid dienone is 1. The van der Waals surface area contributed by atoms with Gasteiger partial charge in [0.25, 0.3) is 0 Å². The van der Waals surface area contributed by atoms with Crippen LogP contribution in [0.5, 0.6) is 0 Å². The van der Waals surface area contributed by atoms with Crippen LogP contribution in [0.15, 0.2) is 72.8 Å². The number of aliphatic hydroxyl groups excluding tert-OH is 1. The molecule has 1 aliphatic carbocycles. The zero-order chi connectivity index (χ0) is 22.3. The van der Waals surface area contributed by atoms with Crippen LogP contribution in [0.25, 0.3) is 0 Å². The smallest absolute Gasteiger partial charge is 0.214 e. The van der Waals surface area contributed by atoms with Gasteiger partial charge in [0, 0.05) is 12.1 Å². The van der Waals surface area contributed by atoms with E-state index in [1.54, 1.807) is 0 Å². The van der Waals surface area contributed by atoms with Crippen molar-refractivity contribution in [2.24, 2.45) is 0 Å². The molecule has 7 heteroatoms. The summed E-state index contributed by atoms with van der Waals surface area (Å²) in [5, 5.41) is 13.4. The van der Waals surface area contributed by atoms with E-state index in [1.165, 1.54) is 0 Å². The molecule has 2 aromatic carbocycles. The number of nitrogens with one attached hydrogen (secondary N) is 3. The van der Waals surface area contributed by atoms with Gasteiger partial charge in [0.05, 0.1) is 26.4 Å². The molecule has 0 spiro atoms. The Morgan fingerprint density at radius 1 is 0.938 bits per heavy atom. The van der Waals surface area contributed by atoms with Gasteiger partial charge in [-0.1, -0.05) is 72.8 Å². The number of rotatable bonds is 15. The van der Waals surface area contributed by atoms with Crippen molar-refractivity contribution in [1.29, 1.82) is 0 Å². The Labute approximate surface area is 190 Å². The summed E-state index contributed by atoms with van der Waals surface area (Å²) in [6.07, 6.45) is 7.11. The van der Waals surface area contributed by atoms with Crippen LogP contribution >= 0.6 is 0 Å². The fourth-order valence-corrected chi connectivity index (χ4v) is 3.41. The Morgan fingerprint density at radius 3 is 2.34 bits per heavy atom. The summed E-state index contributed by atoms with van der Waals surface area (Å²) in [6.45, 7) is 1.71. The first-order valence-corrected chi connectivity index (χ1v) is 11.3. The van der Waals surface area contributed by atoms with Crippen LogP contribution in [0.3, 0.4) is 0 Å². The van der Waals surface area contributed by atoms with E-state index in [0.717, 1.165) is 30.4 Å². The van der Waals surface area contributed by atoms with Crippen molar-refractivity contribution in [3.05, 3.63) is 83.9 Å². The molecule has 32 heavy (non-hydrogen) atoms. The van der Waals surface area contributed by atoms with Crippen molar-refractivity contribution >= 4 is 0 Å². The third-order valence-corrected chi connectivity index (χ3v) is 5.23. The van der Waals surface area contributed by atoms with Crippen molar-refractivity contribution in [3.63, 3.8) is 0 Å². The summed E-state index contributed by atoms with van der Waals surface area (Å²) < 4.78 is 11.4. The summed E-state index contributed by atoms with van der Waals surface area (Å²) >= 11 is 0. The molecule has 1 aliphatic rings. The molecule has 3 unspecified atom stereocenters. The van der Waals surface area contributed by atoms with Crippen LogP contribution in [-0.4, -0.2) is 36.8 Å². The molecule has 3 rings (SSSR count). The topological polar surface area (TPSA) is 84.0 Å². The van der Waals surface area contributed by atoms with Gasteiger partial charge in [-0.05, 0) is 36.8 Å². The van der Waals surface area contributed by atoms with Gasteiger partial charge in [-0.3, -0.25) is 10.2 Å². The van der Waals surface area contributed by atoms with Crippen LogP contribution in [-0.2, 0) is 27.5 Å². The number of hydrazine groups is 1. The van der Waals surface area contributed by atoms with Gasteiger partial charge >= 0.3 is 0 Å². The van der Waals surface area contributed by atoms with Gasteiger partial charge in [-0.25, -0.2) is 5.43 Å². The van der Waals surface area contributed by atoms with Gasteiger partial charge in [-0.15, -0.1) is 5.59 Å². The fourth-order valence-electron chi connectivity index (χ4n) is 3.41. The second-order valence-corrected chi connectivity index (χ2v) is 7.88. The van der Waals surface area contributed by atoms with E-state index in [-0.39, 0.29) is 6.04 Å². The van der Waals surface area contributed by atoms with Gasteiger partial charge < -0.3 is 14.6 Å². The molecular weight excluding hydrogens is 406 g/mol. The SMILES string of the molecule is OC(NC(CCONNC1CC=CCC1)COCc1ccccc1)OCc1ccccc1. The maximum atomic E-state index is 10.3. The maximum absolute atomic E-state index is 10.3. The van der Waals surface area contributed by atoms with E-state index in [4.69, 9.17) is 14.3 Å². The second-order valence-electron chi connectivity index (χ2n) is 7.88. The minimum Gasteiger partial charge on any atom is -0.375 e. The number of benzene rings is 2. The minimum atomic E-state index is -1.10. The molecule has 4 N–H and O–H groups in total. The zero-order valence-electron chi connectivity index (χ0n) is 18.5. The van der Waals surface area contributed by atoms with Crippen molar-refractivity contribution in [1.82, 2.24) is 16.3 Å². The lowest BCUT2D eigenvalue weighted by Crippen LogP contribution is -2.44. The summed E-state index contributed by atoms with van der Waals surface area (Å²) in [5.41, 5.74) is 8.14. The predicted octanol–water partition coefficient (Wildman–Crippen LogP) is 3.18. The first-order chi connectivity index (χ1) is 15.8. The van der Waals surface area contributed by atoms with Crippen molar-refractivity contribution in [2.75, 3.05) is 13.2 Å². The largest absolute Gasteiger partial charge is 0.375 e. The van der Waals surface area contributed by atoms with Gasteiger partial charge in [0.2, 0.25) is 6.41 Å². The third-order valence-electron chi connectivity index (χ3n) is 5.23. The molecule has 0 saturated carbocycles. The monoisotopic (exact) mass is 441 g/mol. The van der Waals surface area contributed by atoms with Gasteiger partial charge in [0.1, 0.15) is 0 Å². The highest BCUT2D eigenvalue weighted by molar-refractivity contribution is 5.14. The number of aliphatic hydroxyl groups is 1. The number of hydrogen-bond acceptors (Lipinski definition) is 7. The zero-order valence-corrected chi connectivity index (χ0v) is 18.5. The molecule has 0 amide bonds. The van der Waals surface area contributed by atoms with Crippen LogP contribution in [0.2, 0.25) is 0 Å². The predicted molar refractivity (Wildman–Crippen MR) is 124 cm³/mol. The molecule has 0 saturated heterocycles. The first kappa shape index (κ1) is 24.5. The number of hydrogen-bond donors (Lipinski definition) is 4. The standard InChI is InChI=1S/C25H35N3O4/c29-25(31-19-22-12-6-2-7-13-22)26-24(20-30-18-21-10-4-1-5-11-21)16-17-32-28-27-23-14-8-3-9-15-23/h1-8,10-13,23-29H,9,14-20H2. The van der Waals surface area contributed by atoms with E-state index in [9.17, 15) is 5.11 Å². The molecule has 0 bridgehead atoms. The van der Waals surface area contributed by atoms with Crippen molar-refractivity contribution in [2.45, 2.75) is 57.4 Å². The lowest BCUT2D eigenvalue weighted by atomic mass is 10.0. The quantitative estimate of drug-likeness (QED) is 0.146.